The standard InChI is InChI=1S/C12H17NO2/c1-13-8-4-5-9-10(14-2)6-7-11(15-3)12(9)13/h6-7H,4-5,8H2,1-3H3. The first kappa shape index (κ1) is 10.1. The Morgan fingerprint density at radius 2 is 1.80 bits per heavy atom. The second-order valence-corrected chi connectivity index (χ2v) is 3.82. The van der Waals surface area contributed by atoms with Gasteiger partial charge in [-0.3, -0.25) is 0 Å². The minimum absolute atomic E-state index is 0.938. The second kappa shape index (κ2) is 4.01. The summed E-state index contributed by atoms with van der Waals surface area (Å²) in [6.45, 7) is 1.08. The average molecular weight is 207 g/mol. The Labute approximate surface area is 90.6 Å². The number of benzene rings is 1. The smallest absolute Gasteiger partial charge is 0.142 e. The Hall–Kier alpha value is -1.38. The van der Waals surface area contributed by atoms with Crippen molar-refractivity contribution in [3.05, 3.63) is 17.7 Å². The van der Waals surface area contributed by atoms with Gasteiger partial charge in [-0.1, -0.05) is 0 Å². The molecule has 0 saturated heterocycles. The molecule has 0 atom stereocenters. The number of ether oxygens (including phenoxy) is 2. The summed E-state index contributed by atoms with van der Waals surface area (Å²) in [7, 11) is 5.53. The van der Waals surface area contributed by atoms with E-state index in [1.165, 1.54) is 17.7 Å². The van der Waals surface area contributed by atoms with Crippen LogP contribution in [0, 0.1) is 0 Å². The first-order valence-electron chi connectivity index (χ1n) is 5.23. The summed E-state index contributed by atoms with van der Waals surface area (Å²) in [4.78, 5) is 2.24. The lowest BCUT2D eigenvalue weighted by molar-refractivity contribution is 0.396. The molecule has 3 heteroatoms. The molecule has 0 aromatic heterocycles. The van der Waals surface area contributed by atoms with Crippen molar-refractivity contribution in [3.8, 4) is 11.5 Å². The van der Waals surface area contributed by atoms with Crippen LogP contribution < -0.4 is 14.4 Å². The van der Waals surface area contributed by atoms with Crippen molar-refractivity contribution in [2.75, 3.05) is 32.7 Å². The summed E-state index contributed by atoms with van der Waals surface area (Å²) in [5.74, 6) is 1.91. The molecule has 3 nitrogen and oxygen atoms in total. The molecule has 1 aromatic rings. The van der Waals surface area contributed by atoms with Gasteiger partial charge in [-0.05, 0) is 25.0 Å². The van der Waals surface area contributed by atoms with Crippen LogP contribution >= 0.6 is 0 Å². The van der Waals surface area contributed by atoms with E-state index in [1.54, 1.807) is 14.2 Å². The van der Waals surface area contributed by atoms with E-state index < -0.39 is 0 Å². The van der Waals surface area contributed by atoms with Crippen molar-refractivity contribution in [1.29, 1.82) is 0 Å². The first-order chi connectivity index (χ1) is 7.27. The maximum Gasteiger partial charge on any atom is 0.142 e. The highest BCUT2D eigenvalue weighted by molar-refractivity contribution is 5.69. The minimum atomic E-state index is 0.938. The fraction of sp³-hybridized carbons (Fsp3) is 0.500. The number of methoxy groups -OCH3 is 2. The van der Waals surface area contributed by atoms with Gasteiger partial charge in [0.25, 0.3) is 0 Å². The summed E-state index contributed by atoms with van der Waals surface area (Å²) in [6.07, 6.45) is 2.24. The summed E-state index contributed by atoms with van der Waals surface area (Å²) in [5.41, 5.74) is 2.45. The van der Waals surface area contributed by atoms with Crippen molar-refractivity contribution in [2.45, 2.75) is 12.8 Å². The topological polar surface area (TPSA) is 21.7 Å². The largest absolute Gasteiger partial charge is 0.496 e. The SMILES string of the molecule is COc1ccc(OC)c2c1CCCN2C. The van der Waals surface area contributed by atoms with Gasteiger partial charge in [0.1, 0.15) is 11.5 Å². The van der Waals surface area contributed by atoms with E-state index >= 15 is 0 Å². The van der Waals surface area contributed by atoms with Gasteiger partial charge >= 0.3 is 0 Å². The molecule has 0 amide bonds. The van der Waals surface area contributed by atoms with E-state index in [2.05, 4.69) is 11.9 Å². The molecule has 0 radical (unpaired) electrons. The third-order valence-corrected chi connectivity index (χ3v) is 2.94. The zero-order chi connectivity index (χ0) is 10.8. The third-order valence-electron chi connectivity index (χ3n) is 2.94. The molecular formula is C12H17NO2. The average Bonchev–Trinajstić information content (AvgIpc) is 2.28. The van der Waals surface area contributed by atoms with Crippen molar-refractivity contribution < 1.29 is 9.47 Å². The summed E-state index contributed by atoms with van der Waals surface area (Å²) >= 11 is 0. The van der Waals surface area contributed by atoms with Gasteiger partial charge in [0.2, 0.25) is 0 Å². The molecule has 2 rings (SSSR count). The number of fused-ring (bicyclic) bond motifs is 1. The lowest BCUT2D eigenvalue weighted by Crippen LogP contribution is -2.25. The fourth-order valence-corrected chi connectivity index (χ4v) is 2.22. The molecule has 0 fully saturated rings. The van der Waals surface area contributed by atoms with Gasteiger partial charge in [0, 0.05) is 19.2 Å². The summed E-state index contributed by atoms with van der Waals surface area (Å²) < 4.78 is 10.8. The van der Waals surface area contributed by atoms with Crippen LogP contribution in [0.5, 0.6) is 11.5 Å². The minimum Gasteiger partial charge on any atom is -0.496 e. The molecule has 1 aromatic carbocycles. The molecule has 1 heterocycles. The quantitative estimate of drug-likeness (QED) is 0.741. The second-order valence-electron chi connectivity index (χ2n) is 3.82. The number of hydrogen-bond donors (Lipinski definition) is 0. The van der Waals surface area contributed by atoms with Crippen LogP contribution in [0.1, 0.15) is 12.0 Å². The van der Waals surface area contributed by atoms with Gasteiger partial charge in [-0.15, -0.1) is 0 Å². The van der Waals surface area contributed by atoms with Crippen LogP contribution in [-0.2, 0) is 6.42 Å². The van der Waals surface area contributed by atoms with Crippen molar-refractivity contribution in [1.82, 2.24) is 0 Å². The Morgan fingerprint density at radius 1 is 1.13 bits per heavy atom. The van der Waals surface area contributed by atoms with E-state index in [0.29, 0.717) is 0 Å². The zero-order valence-electron chi connectivity index (χ0n) is 9.54. The molecule has 15 heavy (non-hydrogen) atoms. The highest BCUT2D eigenvalue weighted by Gasteiger charge is 2.21. The van der Waals surface area contributed by atoms with E-state index in [4.69, 9.17) is 9.47 Å². The van der Waals surface area contributed by atoms with E-state index in [-0.39, 0.29) is 0 Å². The molecule has 0 spiro atoms. The highest BCUT2D eigenvalue weighted by Crippen LogP contribution is 2.40. The van der Waals surface area contributed by atoms with Crippen LogP contribution in [0.2, 0.25) is 0 Å². The first-order valence-corrected chi connectivity index (χ1v) is 5.23. The van der Waals surface area contributed by atoms with Gasteiger partial charge in [0.15, 0.2) is 0 Å². The molecule has 1 aliphatic rings. The number of rotatable bonds is 2. The normalized spacial score (nSPS) is 14.7. The Bertz CT molecular complexity index is 363. The van der Waals surface area contributed by atoms with Gasteiger partial charge in [-0.2, -0.15) is 0 Å². The van der Waals surface area contributed by atoms with Crippen LogP contribution in [-0.4, -0.2) is 27.8 Å². The van der Waals surface area contributed by atoms with Crippen molar-refractivity contribution in [3.63, 3.8) is 0 Å². The Kier molecular flexibility index (Phi) is 2.71. The maximum absolute atomic E-state index is 5.39. The monoisotopic (exact) mass is 207 g/mol. The molecule has 0 saturated carbocycles. The number of hydrogen-bond acceptors (Lipinski definition) is 3. The Morgan fingerprint density at radius 3 is 2.47 bits per heavy atom. The van der Waals surface area contributed by atoms with Crippen molar-refractivity contribution >= 4 is 5.69 Å². The molecule has 0 aliphatic carbocycles. The van der Waals surface area contributed by atoms with E-state index in [1.807, 2.05) is 12.1 Å². The molecule has 0 unspecified atom stereocenters. The molecule has 82 valence electrons. The third kappa shape index (κ3) is 1.62. The molecule has 1 aliphatic heterocycles. The van der Waals surface area contributed by atoms with Gasteiger partial charge in [-0.25, -0.2) is 0 Å². The molecule has 0 N–H and O–H groups in total. The summed E-state index contributed by atoms with van der Waals surface area (Å²) in [5, 5.41) is 0. The lowest BCUT2D eigenvalue weighted by Gasteiger charge is -2.30. The molecular weight excluding hydrogens is 190 g/mol. The van der Waals surface area contributed by atoms with E-state index in [9.17, 15) is 0 Å². The Balaban J connectivity index is 2.56. The lowest BCUT2D eigenvalue weighted by atomic mass is 10.0. The van der Waals surface area contributed by atoms with Gasteiger partial charge in [0.05, 0.1) is 19.9 Å². The van der Waals surface area contributed by atoms with Crippen LogP contribution in [0.3, 0.4) is 0 Å². The van der Waals surface area contributed by atoms with E-state index in [0.717, 1.165) is 24.5 Å². The van der Waals surface area contributed by atoms with Crippen LogP contribution in [0.4, 0.5) is 5.69 Å². The van der Waals surface area contributed by atoms with Gasteiger partial charge < -0.3 is 14.4 Å². The predicted molar refractivity (Wildman–Crippen MR) is 61.1 cm³/mol. The predicted octanol–water partition coefficient (Wildman–Crippen LogP) is 2.09. The number of nitrogens with zero attached hydrogens (tertiary/aromatic N) is 1. The van der Waals surface area contributed by atoms with Crippen LogP contribution in [0.25, 0.3) is 0 Å². The van der Waals surface area contributed by atoms with Crippen molar-refractivity contribution in [2.24, 2.45) is 0 Å². The highest BCUT2D eigenvalue weighted by atomic mass is 16.5. The zero-order valence-corrected chi connectivity index (χ0v) is 9.54. The maximum atomic E-state index is 5.39. The number of anilines is 1. The van der Waals surface area contributed by atoms with Crippen LogP contribution in [0.15, 0.2) is 12.1 Å². The summed E-state index contributed by atoms with van der Waals surface area (Å²) in [6, 6.07) is 3.95. The molecule has 0 bridgehead atoms. The fourth-order valence-electron chi connectivity index (χ4n) is 2.22.